The number of aromatic nitrogens is 3. The Bertz CT molecular complexity index is 620. The van der Waals surface area contributed by atoms with Gasteiger partial charge in [-0.15, -0.1) is 11.3 Å². The molecule has 1 aliphatic rings. The van der Waals surface area contributed by atoms with Gasteiger partial charge >= 0.3 is 0 Å². The molecular formula is C13H17N5OS. The zero-order chi connectivity index (χ0) is 14.1. The van der Waals surface area contributed by atoms with E-state index in [-0.39, 0.29) is 11.9 Å². The second kappa shape index (κ2) is 5.34. The van der Waals surface area contributed by atoms with Crippen molar-refractivity contribution in [3.63, 3.8) is 0 Å². The molecule has 1 aliphatic heterocycles. The third kappa shape index (κ3) is 2.59. The zero-order valence-corrected chi connectivity index (χ0v) is 12.3. The number of H-pyrrole nitrogens is 1. The number of hydrogen-bond acceptors (Lipinski definition) is 5. The van der Waals surface area contributed by atoms with Crippen LogP contribution in [0, 0.1) is 6.92 Å². The number of carbonyl (C=O) groups is 1. The topological polar surface area (TPSA) is 73.9 Å². The van der Waals surface area contributed by atoms with Crippen molar-refractivity contribution in [1.82, 2.24) is 25.2 Å². The highest BCUT2D eigenvalue weighted by Gasteiger charge is 2.28. The summed E-state index contributed by atoms with van der Waals surface area (Å²) in [5.74, 6) is 0.0873. The molecule has 3 heterocycles. The van der Waals surface area contributed by atoms with E-state index in [0.717, 1.165) is 22.1 Å². The number of amides is 1. The first kappa shape index (κ1) is 13.3. The molecule has 0 saturated heterocycles. The lowest BCUT2D eigenvalue weighted by Crippen LogP contribution is -2.48. The van der Waals surface area contributed by atoms with Gasteiger partial charge in [0.05, 0.1) is 41.0 Å². The van der Waals surface area contributed by atoms with E-state index in [0.29, 0.717) is 19.5 Å². The Labute approximate surface area is 121 Å². The van der Waals surface area contributed by atoms with Crippen molar-refractivity contribution in [2.45, 2.75) is 32.5 Å². The third-order valence-electron chi connectivity index (χ3n) is 3.47. The molecule has 20 heavy (non-hydrogen) atoms. The Morgan fingerprint density at radius 3 is 3.20 bits per heavy atom. The van der Waals surface area contributed by atoms with Gasteiger partial charge in [-0.2, -0.15) is 0 Å². The number of nitrogens with zero attached hydrogens (tertiary/aromatic N) is 3. The largest absolute Gasteiger partial charge is 0.347 e. The number of imidazole rings is 1. The second-order valence-electron chi connectivity index (χ2n) is 5.02. The van der Waals surface area contributed by atoms with Crippen LogP contribution in [-0.2, 0) is 24.3 Å². The Hall–Kier alpha value is -1.73. The van der Waals surface area contributed by atoms with Gasteiger partial charge in [0, 0.05) is 25.4 Å². The molecule has 2 N–H and O–H groups in total. The molecule has 2 aromatic heterocycles. The van der Waals surface area contributed by atoms with Crippen LogP contribution in [-0.4, -0.2) is 38.8 Å². The summed E-state index contributed by atoms with van der Waals surface area (Å²) in [7, 11) is 1.82. The maximum absolute atomic E-state index is 12.4. The minimum Gasteiger partial charge on any atom is -0.347 e. The molecule has 3 rings (SSSR count). The van der Waals surface area contributed by atoms with Crippen LogP contribution in [0.1, 0.15) is 22.1 Å². The predicted octanol–water partition coefficient (Wildman–Crippen LogP) is 0.848. The van der Waals surface area contributed by atoms with Crippen LogP contribution in [0.5, 0.6) is 0 Å². The number of aromatic amines is 1. The van der Waals surface area contributed by atoms with Gasteiger partial charge in [0.2, 0.25) is 5.91 Å². The number of likely N-dealkylation sites (N-methyl/N-ethyl adjacent to an activating group) is 1. The number of fused-ring (bicyclic) bond motifs is 1. The number of carbonyl (C=O) groups excluding carboxylic acids is 1. The second-order valence-corrected chi connectivity index (χ2v) is 6.08. The van der Waals surface area contributed by atoms with Crippen molar-refractivity contribution in [1.29, 1.82) is 0 Å². The number of nitrogens with one attached hydrogen (secondary N) is 2. The summed E-state index contributed by atoms with van der Waals surface area (Å²) in [5.41, 5.74) is 3.01. The SMILES string of the molecule is Cc1nc(CN(C)C(=O)C2Cc3nc[nH]c3CN2)cs1. The molecule has 0 aliphatic carbocycles. The molecule has 2 aromatic rings. The van der Waals surface area contributed by atoms with Crippen molar-refractivity contribution in [3.05, 3.63) is 33.8 Å². The van der Waals surface area contributed by atoms with Crippen molar-refractivity contribution in [2.24, 2.45) is 0 Å². The van der Waals surface area contributed by atoms with E-state index >= 15 is 0 Å². The summed E-state index contributed by atoms with van der Waals surface area (Å²) >= 11 is 1.61. The fraction of sp³-hybridized carbons (Fsp3) is 0.462. The van der Waals surface area contributed by atoms with E-state index in [2.05, 4.69) is 20.3 Å². The lowest BCUT2D eigenvalue weighted by Gasteiger charge is -2.26. The number of rotatable bonds is 3. The highest BCUT2D eigenvalue weighted by molar-refractivity contribution is 7.09. The first-order chi connectivity index (χ1) is 9.63. The van der Waals surface area contributed by atoms with Crippen molar-refractivity contribution in [2.75, 3.05) is 7.05 Å². The van der Waals surface area contributed by atoms with Gasteiger partial charge in [-0.1, -0.05) is 0 Å². The molecule has 1 unspecified atom stereocenters. The van der Waals surface area contributed by atoms with E-state index < -0.39 is 0 Å². The van der Waals surface area contributed by atoms with E-state index in [4.69, 9.17) is 0 Å². The third-order valence-corrected chi connectivity index (χ3v) is 4.29. The minimum absolute atomic E-state index is 0.0873. The monoisotopic (exact) mass is 291 g/mol. The van der Waals surface area contributed by atoms with Crippen LogP contribution in [0.15, 0.2) is 11.7 Å². The van der Waals surface area contributed by atoms with Crippen LogP contribution >= 0.6 is 11.3 Å². The average Bonchev–Trinajstić information content (AvgIpc) is 3.05. The number of thiazole rings is 1. The van der Waals surface area contributed by atoms with Crippen LogP contribution in [0.3, 0.4) is 0 Å². The van der Waals surface area contributed by atoms with E-state index in [1.54, 1.807) is 22.6 Å². The molecule has 7 heteroatoms. The highest BCUT2D eigenvalue weighted by atomic mass is 32.1. The van der Waals surface area contributed by atoms with Crippen LogP contribution < -0.4 is 5.32 Å². The molecule has 0 fully saturated rings. The molecule has 0 aromatic carbocycles. The van der Waals surface area contributed by atoms with Crippen LogP contribution in [0.2, 0.25) is 0 Å². The fourth-order valence-corrected chi connectivity index (χ4v) is 3.02. The zero-order valence-electron chi connectivity index (χ0n) is 11.5. The first-order valence-electron chi connectivity index (χ1n) is 6.54. The molecule has 1 amide bonds. The molecule has 6 nitrogen and oxygen atoms in total. The van der Waals surface area contributed by atoms with Crippen molar-refractivity contribution >= 4 is 17.2 Å². The lowest BCUT2D eigenvalue weighted by atomic mass is 10.0. The Morgan fingerprint density at radius 1 is 1.60 bits per heavy atom. The lowest BCUT2D eigenvalue weighted by molar-refractivity contribution is -0.132. The Morgan fingerprint density at radius 2 is 2.45 bits per heavy atom. The fourth-order valence-electron chi connectivity index (χ4n) is 2.41. The van der Waals surface area contributed by atoms with Gasteiger partial charge in [0.1, 0.15) is 0 Å². The summed E-state index contributed by atoms with van der Waals surface area (Å²) in [6.07, 6.45) is 2.32. The summed E-state index contributed by atoms with van der Waals surface area (Å²) in [5, 5.41) is 6.28. The van der Waals surface area contributed by atoms with Gasteiger partial charge < -0.3 is 9.88 Å². The quantitative estimate of drug-likeness (QED) is 0.879. The molecule has 106 valence electrons. The summed E-state index contributed by atoms with van der Waals surface area (Å²) in [4.78, 5) is 25.9. The average molecular weight is 291 g/mol. The molecule has 0 saturated carbocycles. The van der Waals surface area contributed by atoms with Crippen LogP contribution in [0.25, 0.3) is 0 Å². The summed E-state index contributed by atoms with van der Waals surface area (Å²) < 4.78 is 0. The Balaban J connectivity index is 1.64. The maximum Gasteiger partial charge on any atom is 0.240 e. The normalized spacial score (nSPS) is 17.8. The summed E-state index contributed by atoms with van der Waals surface area (Å²) in [6, 6.07) is -0.199. The molecule has 0 spiro atoms. The van der Waals surface area contributed by atoms with E-state index in [1.807, 2.05) is 19.4 Å². The van der Waals surface area contributed by atoms with E-state index in [9.17, 15) is 4.79 Å². The van der Waals surface area contributed by atoms with Gasteiger partial charge in [0.15, 0.2) is 0 Å². The molecular weight excluding hydrogens is 274 g/mol. The minimum atomic E-state index is -0.199. The first-order valence-corrected chi connectivity index (χ1v) is 7.42. The summed E-state index contributed by atoms with van der Waals surface area (Å²) in [6.45, 7) is 3.18. The van der Waals surface area contributed by atoms with E-state index in [1.165, 1.54) is 0 Å². The predicted molar refractivity (Wildman–Crippen MR) is 76.2 cm³/mol. The van der Waals surface area contributed by atoms with Crippen molar-refractivity contribution in [3.8, 4) is 0 Å². The molecule has 0 bridgehead atoms. The Kier molecular flexibility index (Phi) is 3.54. The number of aryl methyl sites for hydroxylation is 1. The molecule has 1 atom stereocenters. The van der Waals surface area contributed by atoms with Gasteiger partial charge in [-0.25, -0.2) is 9.97 Å². The van der Waals surface area contributed by atoms with Crippen LogP contribution in [0.4, 0.5) is 0 Å². The van der Waals surface area contributed by atoms with Gasteiger partial charge in [-0.3, -0.25) is 10.1 Å². The molecule has 0 radical (unpaired) electrons. The smallest absolute Gasteiger partial charge is 0.240 e. The highest BCUT2D eigenvalue weighted by Crippen LogP contribution is 2.15. The standard InChI is InChI=1S/C13H17N5OS/c1-8-17-9(6-20-8)5-18(2)13(19)11-3-10-12(4-14-11)16-7-15-10/h6-7,11,14H,3-5H2,1-2H3,(H,15,16). The van der Waals surface area contributed by atoms with Gasteiger partial charge in [0.25, 0.3) is 0 Å². The van der Waals surface area contributed by atoms with Crippen molar-refractivity contribution < 1.29 is 4.79 Å². The van der Waals surface area contributed by atoms with Gasteiger partial charge in [-0.05, 0) is 6.92 Å². The number of hydrogen-bond donors (Lipinski definition) is 2. The maximum atomic E-state index is 12.4.